The SMILES string of the molecule is Cn1ncnc1-c1ccc(S(=O)(=O)C2CCN(CCc3ccc(F)cc3F)CC2)cc1. The Labute approximate surface area is 180 Å². The largest absolute Gasteiger partial charge is 0.303 e. The average molecular weight is 447 g/mol. The van der Waals surface area contributed by atoms with Gasteiger partial charge in [0.05, 0.1) is 10.1 Å². The maximum Gasteiger partial charge on any atom is 0.181 e. The van der Waals surface area contributed by atoms with E-state index in [0.29, 0.717) is 55.2 Å². The lowest BCUT2D eigenvalue weighted by molar-refractivity contribution is 0.232. The van der Waals surface area contributed by atoms with Gasteiger partial charge in [-0.3, -0.25) is 0 Å². The van der Waals surface area contributed by atoms with Crippen LogP contribution in [0.5, 0.6) is 0 Å². The highest BCUT2D eigenvalue weighted by Crippen LogP contribution is 2.26. The Bertz CT molecular complexity index is 1150. The zero-order valence-electron chi connectivity index (χ0n) is 17.2. The van der Waals surface area contributed by atoms with Crippen molar-refractivity contribution in [2.45, 2.75) is 29.4 Å². The number of rotatable bonds is 6. The molecule has 2 aromatic carbocycles. The third kappa shape index (κ3) is 4.67. The molecule has 1 saturated heterocycles. The molecule has 0 saturated carbocycles. The summed E-state index contributed by atoms with van der Waals surface area (Å²) in [5.74, 6) is -0.450. The van der Waals surface area contributed by atoms with Gasteiger partial charge in [-0.2, -0.15) is 5.10 Å². The van der Waals surface area contributed by atoms with Crippen LogP contribution in [0.3, 0.4) is 0 Å². The van der Waals surface area contributed by atoms with E-state index < -0.39 is 26.7 Å². The van der Waals surface area contributed by atoms with Crippen molar-refractivity contribution >= 4 is 9.84 Å². The van der Waals surface area contributed by atoms with E-state index in [1.807, 2.05) is 0 Å². The summed E-state index contributed by atoms with van der Waals surface area (Å²) in [5, 5.41) is 3.59. The fourth-order valence-corrected chi connectivity index (χ4v) is 5.72. The van der Waals surface area contributed by atoms with Crippen molar-refractivity contribution in [2.24, 2.45) is 7.05 Å². The van der Waals surface area contributed by atoms with Gasteiger partial charge in [-0.05, 0) is 68.2 Å². The first-order chi connectivity index (χ1) is 14.8. The van der Waals surface area contributed by atoms with Crippen LogP contribution in [-0.4, -0.2) is 53.0 Å². The van der Waals surface area contributed by atoms with Gasteiger partial charge in [0.1, 0.15) is 18.0 Å². The van der Waals surface area contributed by atoms with Crippen LogP contribution in [0.1, 0.15) is 18.4 Å². The first-order valence-corrected chi connectivity index (χ1v) is 11.7. The van der Waals surface area contributed by atoms with Crippen molar-refractivity contribution in [3.8, 4) is 11.4 Å². The number of likely N-dealkylation sites (tertiary alicyclic amines) is 1. The highest BCUT2D eigenvalue weighted by molar-refractivity contribution is 7.92. The van der Waals surface area contributed by atoms with Crippen LogP contribution in [0.15, 0.2) is 53.7 Å². The summed E-state index contributed by atoms with van der Waals surface area (Å²) in [6.45, 7) is 1.87. The van der Waals surface area contributed by atoms with Gasteiger partial charge < -0.3 is 4.90 Å². The molecular formula is C22H24F2N4O2S. The van der Waals surface area contributed by atoms with Gasteiger partial charge in [0.25, 0.3) is 0 Å². The van der Waals surface area contributed by atoms with Gasteiger partial charge in [0.2, 0.25) is 0 Å². The minimum atomic E-state index is -3.43. The van der Waals surface area contributed by atoms with Gasteiger partial charge >= 0.3 is 0 Å². The molecule has 164 valence electrons. The molecule has 0 amide bonds. The van der Waals surface area contributed by atoms with E-state index in [2.05, 4.69) is 15.0 Å². The predicted molar refractivity (Wildman–Crippen MR) is 113 cm³/mol. The minimum Gasteiger partial charge on any atom is -0.303 e. The van der Waals surface area contributed by atoms with Gasteiger partial charge in [-0.15, -0.1) is 0 Å². The maximum atomic E-state index is 13.8. The molecule has 4 rings (SSSR count). The fraction of sp³-hybridized carbons (Fsp3) is 0.364. The number of aromatic nitrogens is 3. The second-order valence-electron chi connectivity index (χ2n) is 7.80. The monoisotopic (exact) mass is 446 g/mol. The molecule has 1 aliphatic rings. The van der Waals surface area contributed by atoms with Crippen LogP contribution < -0.4 is 0 Å². The second kappa shape index (κ2) is 8.84. The Balaban J connectivity index is 1.36. The molecule has 0 radical (unpaired) electrons. The molecule has 0 bridgehead atoms. The Hall–Kier alpha value is -2.65. The van der Waals surface area contributed by atoms with Crippen molar-refractivity contribution < 1.29 is 17.2 Å². The smallest absolute Gasteiger partial charge is 0.181 e. The quantitative estimate of drug-likeness (QED) is 0.582. The summed E-state index contributed by atoms with van der Waals surface area (Å²) in [6.07, 6.45) is 2.98. The number of halogens is 2. The Morgan fingerprint density at radius 2 is 1.77 bits per heavy atom. The lowest BCUT2D eigenvalue weighted by Gasteiger charge is -2.31. The van der Waals surface area contributed by atoms with Crippen LogP contribution in [0.2, 0.25) is 0 Å². The summed E-state index contributed by atoms with van der Waals surface area (Å²) >= 11 is 0. The van der Waals surface area contributed by atoms with Gasteiger partial charge in [-0.25, -0.2) is 26.9 Å². The van der Waals surface area contributed by atoms with Crippen molar-refractivity contribution in [2.75, 3.05) is 19.6 Å². The first-order valence-electron chi connectivity index (χ1n) is 10.2. The van der Waals surface area contributed by atoms with Gasteiger partial charge in [0, 0.05) is 25.2 Å². The van der Waals surface area contributed by atoms with E-state index in [1.54, 1.807) is 36.0 Å². The van der Waals surface area contributed by atoms with E-state index in [-0.39, 0.29) is 0 Å². The predicted octanol–water partition coefficient (Wildman–Crippen LogP) is 3.24. The van der Waals surface area contributed by atoms with Crippen molar-refractivity contribution in [3.05, 3.63) is 66.0 Å². The van der Waals surface area contributed by atoms with Crippen LogP contribution in [-0.2, 0) is 23.3 Å². The Morgan fingerprint density at radius 3 is 2.39 bits per heavy atom. The highest BCUT2D eigenvalue weighted by atomic mass is 32.2. The van der Waals surface area contributed by atoms with E-state index in [0.717, 1.165) is 11.6 Å². The van der Waals surface area contributed by atoms with E-state index in [1.165, 1.54) is 18.5 Å². The number of hydrogen-bond donors (Lipinski definition) is 0. The van der Waals surface area contributed by atoms with Crippen LogP contribution in [0.4, 0.5) is 8.78 Å². The molecule has 1 fully saturated rings. The van der Waals surface area contributed by atoms with Crippen molar-refractivity contribution in [1.82, 2.24) is 19.7 Å². The van der Waals surface area contributed by atoms with E-state index in [9.17, 15) is 17.2 Å². The van der Waals surface area contributed by atoms with Crippen molar-refractivity contribution in [1.29, 1.82) is 0 Å². The normalized spacial score (nSPS) is 16.0. The summed E-state index contributed by atoms with van der Waals surface area (Å²) in [7, 11) is -1.65. The molecular weight excluding hydrogens is 422 g/mol. The Morgan fingerprint density at radius 1 is 1.06 bits per heavy atom. The van der Waals surface area contributed by atoms with Crippen LogP contribution in [0.25, 0.3) is 11.4 Å². The van der Waals surface area contributed by atoms with E-state index in [4.69, 9.17) is 0 Å². The first kappa shape index (κ1) is 21.6. The molecule has 0 unspecified atom stereocenters. The molecule has 1 aromatic heterocycles. The number of hydrogen-bond acceptors (Lipinski definition) is 5. The second-order valence-corrected chi connectivity index (χ2v) is 10.0. The molecule has 31 heavy (non-hydrogen) atoms. The molecule has 9 heteroatoms. The lowest BCUT2D eigenvalue weighted by Crippen LogP contribution is -2.40. The minimum absolute atomic E-state index is 0.310. The maximum absolute atomic E-state index is 13.8. The standard InChI is InChI=1S/C22H24F2N4O2S/c1-27-22(25-15-26-27)17-3-6-19(7-4-17)31(29,30)20-9-12-28(13-10-20)11-8-16-2-5-18(23)14-21(16)24/h2-7,14-15,20H,8-13H2,1H3. The van der Waals surface area contributed by atoms with Crippen LogP contribution in [0, 0.1) is 11.6 Å². The third-order valence-electron chi connectivity index (χ3n) is 5.84. The zero-order chi connectivity index (χ0) is 22.0. The summed E-state index contributed by atoms with van der Waals surface area (Å²) in [6, 6.07) is 10.4. The molecule has 0 spiro atoms. The molecule has 6 nitrogen and oxygen atoms in total. The van der Waals surface area contributed by atoms with Crippen molar-refractivity contribution in [3.63, 3.8) is 0 Å². The number of nitrogens with zero attached hydrogens (tertiary/aromatic N) is 4. The van der Waals surface area contributed by atoms with Gasteiger partial charge in [-0.1, -0.05) is 6.07 Å². The van der Waals surface area contributed by atoms with Crippen LogP contribution >= 0.6 is 0 Å². The zero-order valence-corrected chi connectivity index (χ0v) is 18.0. The Kier molecular flexibility index (Phi) is 6.15. The summed E-state index contributed by atoms with van der Waals surface area (Å²) in [5.41, 5.74) is 1.28. The molecule has 0 atom stereocenters. The summed E-state index contributed by atoms with van der Waals surface area (Å²) in [4.78, 5) is 6.62. The number of sulfone groups is 1. The van der Waals surface area contributed by atoms with Gasteiger partial charge in [0.15, 0.2) is 15.7 Å². The topological polar surface area (TPSA) is 68.1 Å². The van der Waals surface area contributed by atoms with E-state index >= 15 is 0 Å². The number of piperidine rings is 1. The number of benzene rings is 2. The molecule has 2 heterocycles. The molecule has 1 aliphatic heterocycles. The fourth-order valence-electron chi connectivity index (χ4n) is 3.99. The lowest BCUT2D eigenvalue weighted by atomic mass is 10.1. The molecule has 0 aliphatic carbocycles. The highest BCUT2D eigenvalue weighted by Gasteiger charge is 2.31. The average Bonchev–Trinajstić information content (AvgIpc) is 3.19. The molecule has 0 N–H and O–H groups in total. The number of aryl methyl sites for hydroxylation is 1. The third-order valence-corrected chi connectivity index (χ3v) is 8.12. The summed E-state index contributed by atoms with van der Waals surface area (Å²) < 4.78 is 54.6. The molecule has 3 aromatic rings.